The van der Waals surface area contributed by atoms with Crippen molar-refractivity contribution in [3.05, 3.63) is 45.5 Å². The minimum Gasteiger partial charge on any atom is -0.507 e. The number of phenolic OH excluding ortho intramolecular Hbond substituents is 6. The number of hydrogen-bond donors (Lipinski definition) is 10. The number of carbonyl (C=O) groups is 2. The van der Waals surface area contributed by atoms with Gasteiger partial charge in [0.15, 0.2) is 23.0 Å². The summed E-state index contributed by atoms with van der Waals surface area (Å²) in [6, 6.07) is 1.55. The molecule has 2 atom stereocenters. The zero-order chi connectivity index (χ0) is 41.8. The maximum atomic E-state index is 12.3. The lowest BCUT2D eigenvalue weighted by Gasteiger charge is -2.23. The van der Waals surface area contributed by atoms with E-state index in [1.807, 2.05) is 27.7 Å². The van der Waals surface area contributed by atoms with E-state index in [0.717, 1.165) is 0 Å². The highest BCUT2D eigenvalue weighted by molar-refractivity contribution is 6.15. The van der Waals surface area contributed by atoms with Crippen LogP contribution in [0.4, 0.5) is 0 Å². The first-order valence-electron chi connectivity index (χ1n) is 18.8. The average molecular weight is 775 g/mol. The molecule has 2 unspecified atom stereocenters. The second-order valence-corrected chi connectivity index (χ2v) is 15.0. The Hall–Kier alpha value is -5.60. The number of aliphatic imine (C=N–C) groups is 2. The van der Waals surface area contributed by atoms with Gasteiger partial charge in [0.1, 0.15) is 23.6 Å². The summed E-state index contributed by atoms with van der Waals surface area (Å²) in [6.07, 6.45) is 5.20. The van der Waals surface area contributed by atoms with E-state index in [4.69, 9.17) is 21.7 Å². The predicted octanol–water partition coefficient (Wildman–Crippen LogP) is 6.76. The standard InChI is InChI=1S/C42H54N4O10/c1-19(2)29-23-15-21(5)31(37(49)33(23)25(35(47)39(29)51)17-45-13-9-7-11-27(43)41(53)54)32-22(6)16-24-30(20(3)4)40(52)36(48)26(34(24)38(32)50)18-46-14-10-8-12-28(44)42(55)56/h15-20,27-28,47-52H,7-14,43-44H2,1-6H3,(H,53,54)(H,55,56). The van der Waals surface area contributed by atoms with Crippen LogP contribution in [-0.2, 0) is 9.59 Å². The number of phenols is 6. The van der Waals surface area contributed by atoms with Gasteiger partial charge in [0.2, 0.25) is 0 Å². The van der Waals surface area contributed by atoms with Crippen molar-refractivity contribution in [2.24, 2.45) is 21.5 Å². The van der Waals surface area contributed by atoms with Crippen molar-refractivity contribution >= 4 is 45.9 Å². The number of nitrogens with two attached hydrogens (primary N) is 2. The molecule has 0 saturated heterocycles. The number of aromatic hydroxyl groups is 6. The fourth-order valence-corrected chi connectivity index (χ4v) is 7.32. The maximum Gasteiger partial charge on any atom is 0.320 e. The van der Waals surface area contributed by atoms with E-state index < -0.39 is 35.5 Å². The highest BCUT2D eigenvalue weighted by Gasteiger charge is 2.29. The zero-order valence-electron chi connectivity index (χ0n) is 32.7. The summed E-state index contributed by atoms with van der Waals surface area (Å²) in [5.41, 5.74) is 13.6. The van der Waals surface area contributed by atoms with Gasteiger partial charge in [-0.3, -0.25) is 19.6 Å². The Bertz CT molecular complexity index is 2060. The van der Waals surface area contributed by atoms with E-state index >= 15 is 0 Å². The molecule has 0 aliphatic rings. The van der Waals surface area contributed by atoms with Crippen molar-refractivity contribution in [2.45, 2.75) is 104 Å². The van der Waals surface area contributed by atoms with Crippen LogP contribution in [0.15, 0.2) is 22.1 Å². The molecule has 0 saturated carbocycles. The minimum absolute atomic E-state index is 0.0441. The van der Waals surface area contributed by atoms with E-state index in [9.17, 15) is 40.2 Å². The van der Waals surface area contributed by atoms with Gasteiger partial charge in [-0.15, -0.1) is 0 Å². The fraction of sp³-hybridized carbons (Fsp3) is 0.429. The lowest BCUT2D eigenvalue weighted by Crippen LogP contribution is -2.29. The number of carboxylic acids is 2. The molecule has 302 valence electrons. The third-order valence-corrected chi connectivity index (χ3v) is 10.2. The molecule has 0 spiro atoms. The molecule has 12 N–H and O–H groups in total. The van der Waals surface area contributed by atoms with E-state index in [0.29, 0.717) is 58.7 Å². The summed E-state index contributed by atoms with van der Waals surface area (Å²) >= 11 is 0. The molecule has 14 heteroatoms. The highest BCUT2D eigenvalue weighted by atomic mass is 16.4. The monoisotopic (exact) mass is 774 g/mol. The smallest absolute Gasteiger partial charge is 0.320 e. The highest BCUT2D eigenvalue weighted by Crippen LogP contribution is 2.54. The van der Waals surface area contributed by atoms with Gasteiger partial charge in [-0.25, -0.2) is 0 Å². The van der Waals surface area contributed by atoms with Crippen molar-refractivity contribution in [1.82, 2.24) is 0 Å². The molecule has 14 nitrogen and oxygen atoms in total. The molecule has 0 aliphatic heterocycles. The van der Waals surface area contributed by atoms with Crippen molar-refractivity contribution < 1.29 is 50.4 Å². The van der Waals surface area contributed by atoms with Gasteiger partial charge < -0.3 is 52.3 Å². The number of aliphatic carboxylic acids is 2. The molecule has 4 aromatic rings. The molecule has 0 heterocycles. The van der Waals surface area contributed by atoms with Gasteiger partial charge in [-0.05, 0) is 86.1 Å². The Kier molecular flexibility index (Phi) is 13.8. The molecule has 0 fully saturated rings. The van der Waals surface area contributed by atoms with Crippen LogP contribution >= 0.6 is 0 Å². The molecule has 0 bridgehead atoms. The van der Waals surface area contributed by atoms with Gasteiger partial charge in [-0.1, -0.05) is 39.8 Å². The van der Waals surface area contributed by atoms with Crippen molar-refractivity contribution in [2.75, 3.05) is 13.1 Å². The Balaban J connectivity index is 1.95. The van der Waals surface area contributed by atoms with Crippen molar-refractivity contribution in [1.29, 1.82) is 0 Å². The first-order chi connectivity index (χ1) is 26.3. The maximum absolute atomic E-state index is 12.3. The molecule has 56 heavy (non-hydrogen) atoms. The molecule has 0 radical (unpaired) electrons. The van der Waals surface area contributed by atoms with Gasteiger partial charge in [-0.2, -0.15) is 0 Å². The van der Waals surface area contributed by atoms with Crippen LogP contribution < -0.4 is 11.5 Å². The summed E-state index contributed by atoms with van der Waals surface area (Å²) < 4.78 is 0. The topological polar surface area (TPSA) is 273 Å². The first kappa shape index (κ1) is 43.1. The summed E-state index contributed by atoms with van der Waals surface area (Å²) in [4.78, 5) is 31.0. The number of benzene rings is 4. The normalized spacial score (nSPS) is 13.2. The minimum atomic E-state index is -1.09. The van der Waals surface area contributed by atoms with Crippen LogP contribution in [0.3, 0.4) is 0 Å². The van der Waals surface area contributed by atoms with Crippen molar-refractivity contribution in [3.8, 4) is 45.6 Å². The SMILES string of the molecule is Cc1cc2c(C(C)C)c(O)c(O)c(C=NCCCCC(N)C(=O)O)c2c(O)c1-c1c(C)cc2c(C(C)C)c(O)c(O)c(C=NCCCCC(N)C(=O)O)c2c1O. The van der Waals surface area contributed by atoms with Gasteiger partial charge in [0.25, 0.3) is 0 Å². The number of hydrogen-bond acceptors (Lipinski definition) is 12. The van der Waals surface area contributed by atoms with E-state index in [2.05, 4.69) is 9.98 Å². The Labute approximate surface area is 325 Å². The summed E-state index contributed by atoms with van der Waals surface area (Å²) in [5.74, 6) is -5.05. The molecular weight excluding hydrogens is 720 g/mol. The third kappa shape index (κ3) is 8.61. The van der Waals surface area contributed by atoms with E-state index in [1.54, 1.807) is 26.0 Å². The number of nitrogens with zero attached hydrogens (tertiary/aromatic N) is 2. The number of fused-ring (bicyclic) bond motifs is 2. The summed E-state index contributed by atoms with van der Waals surface area (Å²) in [6.45, 7) is 11.3. The Morgan fingerprint density at radius 2 is 0.929 bits per heavy atom. The summed E-state index contributed by atoms with van der Waals surface area (Å²) in [7, 11) is 0. The van der Waals surface area contributed by atoms with Crippen LogP contribution in [0.5, 0.6) is 34.5 Å². The van der Waals surface area contributed by atoms with Crippen LogP contribution in [0.2, 0.25) is 0 Å². The molecule has 0 amide bonds. The Morgan fingerprint density at radius 3 is 1.23 bits per heavy atom. The van der Waals surface area contributed by atoms with Crippen LogP contribution in [0.25, 0.3) is 32.7 Å². The molecule has 0 aliphatic carbocycles. The zero-order valence-corrected chi connectivity index (χ0v) is 32.7. The van der Waals surface area contributed by atoms with Gasteiger partial charge in [0.05, 0.1) is 0 Å². The molecule has 4 aromatic carbocycles. The first-order valence-corrected chi connectivity index (χ1v) is 18.8. The molecular formula is C42H54N4O10. The lowest BCUT2D eigenvalue weighted by molar-refractivity contribution is -0.139. The van der Waals surface area contributed by atoms with E-state index in [-0.39, 0.29) is 93.8 Å². The number of unbranched alkanes of at least 4 members (excludes halogenated alkanes) is 2. The number of aryl methyl sites for hydroxylation is 2. The fourth-order valence-electron chi connectivity index (χ4n) is 7.32. The number of rotatable bonds is 17. The van der Waals surface area contributed by atoms with E-state index in [1.165, 1.54) is 12.4 Å². The van der Waals surface area contributed by atoms with Gasteiger partial charge >= 0.3 is 11.9 Å². The van der Waals surface area contributed by atoms with Crippen LogP contribution in [-0.4, -0.2) is 90.4 Å². The predicted molar refractivity (Wildman–Crippen MR) is 218 cm³/mol. The molecule has 0 aromatic heterocycles. The third-order valence-electron chi connectivity index (χ3n) is 10.2. The quantitative estimate of drug-likeness (QED) is 0.0303. The lowest BCUT2D eigenvalue weighted by atomic mass is 9.83. The van der Waals surface area contributed by atoms with Crippen LogP contribution in [0.1, 0.15) is 111 Å². The van der Waals surface area contributed by atoms with Gasteiger partial charge in [0, 0.05) is 69.7 Å². The summed E-state index contributed by atoms with van der Waals surface area (Å²) in [5, 5.41) is 89.0. The largest absolute Gasteiger partial charge is 0.507 e. The van der Waals surface area contributed by atoms with Crippen molar-refractivity contribution in [3.63, 3.8) is 0 Å². The number of carboxylic acid groups (broad SMARTS) is 2. The van der Waals surface area contributed by atoms with Crippen LogP contribution in [0, 0.1) is 13.8 Å². The Morgan fingerprint density at radius 1 is 0.589 bits per heavy atom. The molecule has 4 rings (SSSR count). The second-order valence-electron chi connectivity index (χ2n) is 15.0. The average Bonchev–Trinajstić information content (AvgIpc) is 3.11. The second kappa shape index (κ2) is 17.9.